The fourth-order valence-corrected chi connectivity index (χ4v) is 3.18. The van der Waals surface area contributed by atoms with Crippen LogP contribution in [0.1, 0.15) is 37.4 Å². The highest BCUT2D eigenvalue weighted by Gasteiger charge is 2.38. The number of aryl methyl sites for hydroxylation is 1. The number of ether oxygens (including phenoxy) is 2. The molecule has 1 atom stereocenters. The highest BCUT2D eigenvalue weighted by molar-refractivity contribution is 6.13. The smallest absolute Gasteiger partial charge is 0.254 e. The first-order valence-electron chi connectivity index (χ1n) is 7.63. The number of benzene rings is 1. The van der Waals surface area contributed by atoms with Crippen LogP contribution in [-0.4, -0.2) is 29.9 Å². The van der Waals surface area contributed by atoms with Gasteiger partial charge in [0.2, 0.25) is 0 Å². The second-order valence-corrected chi connectivity index (χ2v) is 5.29. The molecule has 5 heteroatoms. The summed E-state index contributed by atoms with van der Waals surface area (Å²) in [6.07, 6.45) is 4.19. The maximum Gasteiger partial charge on any atom is 0.254 e. The van der Waals surface area contributed by atoms with Crippen LogP contribution in [0.15, 0.2) is 24.3 Å². The van der Waals surface area contributed by atoms with Crippen LogP contribution < -0.4 is 9.47 Å². The summed E-state index contributed by atoms with van der Waals surface area (Å²) in [7, 11) is 0. The zero-order valence-electron chi connectivity index (χ0n) is 12.8. The molecule has 0 N–H and O–H groups in total. The van der Waals surface area contributed by atoms with Crippen molar-refractivity contribution in [1.29, 1.82) is 0 Å². The summed E-state index contributed by atoms with van der Waals surface area (Å²) >= 11 is 0. The van der Waals surface area contributed by atoms with E-state index < -0.39 is 0 Å². The molecule has 1 aromatic rings. The van der Waals surface area contributed by atoms with Gasteiger partial charge in [-0.05, 0) is 38.3 Å². The van der Waals surface area contributed by atoms with Crippen LogP contribution in [0.4, 0.5) is 0 Å². The first-order valence-corrected chi connectivity index (χ1v) is 7.63. The van der Waals surface area contributed by atoms with Gasteiger partial charge in [0.15, 0.2) is 0 Å². The lowest BCUT2D eigenvalue weighted by atomic mass is 10.0. The van der Waals surface area contributed by atoms with Gasteiger partial charge < -0.3 is 9.47 Å². The Morgan fingerprint density at radius 1 is 1.09 bits per heavy atom. The topological polar surface area (TPSA) is 55.8 Å². The third-order valence-corrected chi connectivity index (χ3v) is 3.99. The van der Waals surface area contributed by atoms with Crippen molar-refractivity contribution in [3.8, 4) is 11.5 Å². The third kappa shape index (κ3) is 2.36. The molecule has 5 nitrogen and oxygen atoms in total. The molecule has 1 aromatic carbocycles. The maximum atomic E-state index is 12.0. The van der Waals surface area contributed by atoms with Gasteiger partial charge >= 0.3 is 0 Å². The molecule has 1 heterocycles. The number of carbonyl (C=O) groups is 2. The Bertz CT molecular complexity index is 632. The van der Waals surface area contributed by atoms with E-state index in [1.165, 1.54) is 17.1 Å². The Morgan fingerprint density at radius 2 is 1.77 bits per heavy atom. The normalized spacial score (nSPS) is 19.7. The lowest BCUT2D eigenvalue weighted by molar-refractivity contribution is -0.139. The van der Waals surface area contributed by atoms with Gasteiger partial charge in [0.05, 0.1) is 19.3 Å². The molecule has 0 unspecified atom stereocenters. The summed E-state index contributed by atoms with van der Waals surface area (Å²) < 4.78 is 11.3. The second-order valence-electron chi connectivity index (χ2n) is 5.29. The van der Waals surface area contributed by atoms with Crippen LogP contribution in [-0.2, 0) is 16.0 Å². The van der Waals surface area contributed by atoms with Crippen LogP contribution in [0.25, 0.3) is 0 Å². The lowest BCUT2D eigenvalue weighted by Gasteiger charge is -2.24. The van der Waals surface area contributed by atoms with Crippen LogP contribution in [0.2, 0.25) is 0 Å². The third-order valence-electron chi connectivity index (χ3n) is 3.99. The summed E-state index contributed by atoms with van der Waals surface area (Å²) in [5, 5.41) is 0. The molecule has 22 heavy (non-hydrogen) atoms. The second kappa shape index (κ2) is 5.83. The zero-order valence-corrected chi connectivity index (χ0v) is 12.8. The van der Waals surface area contributed by atoms with Gasteiger partial charge in [-0.2, -0.15) is 0 Å². The minimum atomic E-state index is -0.251. The van der Waals surface area contributed by atoms with Gasteiger partial charge in [0.25, 0.3) is 11.8 Å². The van der Waals surface area contributed by atoms with E-state index >= 15 is 0 Å². The Balaban J connectivity index is 2.01. The Hall–Kier alpha value is -2.30. The Morgan fingerprint density at radius 3 is 2.41 bits per heavy atom. The molecule has 0 saturated carbocycles. The van der Waals surface area contributed by atoms with E-state index in [2.05, 4.69) is 0 Å². The van der Waals surface area contributed by atoms with Gasteiger partial charge in [-0.15, -0.1) is 0 Å². The molecule has 0 spiro atoms. The SMILES string of the molecule is CCOc1cc2c(c(OCC)c1)[C@@H](N1C(=O)C=CC1=O)CC2. The summed E-state index contributed by atoms with van der Waals surface area (Å²) in [5.74, 6) is 0.972. The minimum absolute atomic E-state index is 0.248. The average molecular weight is 301 g/mol. The van der Waals surface area contributed by atoms with E-state index in [4.69, 9.17) is 9.47 Å². The largest absolute Gasteiger partial charge is 0.494 e. The average Bonchev–Trinajstić information content (AvgIpc) is 3.03. The van der Waals surface area contributed by atoms with Crippen molar-refractivity contribution in [2.75, 3.05) is 13.2 Å². The monoisotopic (exact) mass is 301 g/mol. The molecule has 0 radical (unpaired) electrons. The van der Waals surface area contributed by atoms with Crippen molar-refractivity contribution < 1.29 is 19.1 Å². The van der Waals surface area contributed by atoms with E-state index in [9.17, 15) is 9.59 Å². The van der Waals surface area contributed by atoms with E-state index in [0.29, 0.717) is 19.0 Å². The van der Waals surface area contributed by atoms with Crippen LogP contribution in [0.5, 0.6) is 11.5 Å². The predicted octanol–water partition coefficient (Wildman–Crippen LogP) is 2.40. The van der Waals surface area contributed by atoms with E-state index in [-0.39, 0.29) is 17.9 Å². The van der Waals surface area contributed by atoms with Gasteiger partial charge in [-0.25, -0.2) is 0 Å². The first-order chi connectivity index (χ1) is 10.7. The fraction of sp³-hybridized carbons (Fsp3) is 0.412. The summed E-state index contributed by atoms with van der Waals surface area (Å²) in [5.41, 5.74) is 2.03. The zero-order chi connectivity index (χ0) is 15.7. The lowest BCUT2D eigenvalue weighted by Crippen LogP contribution is -2.33. The highest BCUT2D eigenvalue weighted by atomic mass is 16.5. The Labute approximate surface area is 129 Å². The molecular formula is C17H19NO4. The van der Waals surface area contributed by atoms with Crippen molar-refractivity contribution >= 4 is 11.8 Å². The quantitative estimate of drug-likeness (QED) is 0.784. The van der Waals surface area contributed by atoms with E-state index in [1.54, 1.807) is 0 Å². The number of fused-ring (bicyclic) bond motifs is 1. The molecule has 0 fully saturated rings. The molecule has 116 valence electrons. The number of amides is 2. The number of imide groups is 1. The molecular weight excluding hydrogens is 282 g/mol. The van der Waals surface area contributed by atoms with Crippen LogP contribution in [0, 0.1) is 0 Å². The van der Waals surface area contributed by atoms with Gasteiger partial charge in [0, 0.05) is 23.8 Å². The summed E-state index contributed by atoms with van der Waals surface area (Å²) in [6.45, 7) is 4.96. The van der Waals surface area contributed by atoms with Crippen molar-refractivity contribution in [2.24, 2.45) is 0 Å². The van der Waals surface area contributed by atoms with Crippen molar-refractivity contribution in [2.45, 2.75) is 32.7 Å². The maximum absolute atomic E-state index is 12.0. The molecule has 1 aliphatic heterocycles. The summed E-state index contributed by atoms with van der Waals surface area (Å²) in [6, 6.07) is 3.59. The molecule has 0 aromatic heterocycles. The van der Waals surface area contributed by atoms with Crippen LogP contribution in [0.3, 0.4) is 0 Å². The minimum Gasteiger partial charge on any atom is -0.494 e. The molecule has 3 rings (SSSR count). The van der Waals surface area contributed by atoms with Crippen molar-refractivity contribution in [3.05, 3.63) is 35.4 Å². The van der Waals surface area contributed by atoms with Gasteiger partial charge in [-0.1, -0.05) is 0 Å². The summed E-state index contributed by atoms with van der Waals surface area (Å²) in [4.78, 5) is 25.3. The van der Waals surface area contributed by atoms with Gasteiger partial charge in [0.1, 0.15) is 11.5 Å². The number of carbonyl (C=O) groups excluding carboxylic acids is 2. The Kier molecular flexibility index (Phi) is 3.88. The highest BCUT2D eigenvalue weighted by Crippen LogP contribution is 2.44. The molecule has 2 aliphatic rings. The molecule has 2 amide bonds. The van der Waals surface area contributed by atoms with Gasteiger partial charge in [-0.3, -0.25) is 14.5 Å². The number of nitrogens with zero attached hydrogens (tertiary/aromatic N) is 1. The number of rotatable bonds is 5. The molecule has 1 aliphatic carbocycles. The fourth-order valence-electron chi connectivity index (χ4n) is 3.18. The van der Waals surface area contributed by atoms with Crippen LogP contribution >= 0.6 is 0 Å². The molecule has 0 bridgehead atoms. The van der Waals surface area contributed by atoms with E-state index in [0.717, 1.165) is 29.7 Å². The van der Waals surface area contributed by atoms with Crippen molar-refractivity contribution in [3.63, 3.8) is 0 Å². The standard InChI is InChI=1S/C17H19NO4/c1-3-21-12-9-11-5-6-13(17(11)14(10-12)22-4-2)18-15(19)7-8-16(18)20/h7-10,13H,3-6H2,1-2H3/t13-/m0/s1. The molecule has 0 saturated heterocycles. The number of hydrogen-bond acceptors (Lipinski definition) is 4. The van der Waals surface area contributed by atoms with E-state index in [1.807, 2.05) is 26.0 Å². The predicted molar refractivity (Wildman–Crippen MR) is 80.8 cm³/mol. The first kappa shape index (κ1) is 14.6. The number of hydrogen-bond donors (Lipinski definition) is 0. The van der Waals surface area contributed by atoms with Crippen molar-refractivity contribution in [1.82, 2.24) is 4.90 Å².